The maximum atomic E-state index is 11.5. The zero-order valence-corrected chi connectivity index (χ0v) is 9.07. The van der Waals surface area contributed by atoms with Gasteiger partial charge in [0.25, 0.3) is 5.91 Å². The third-order valence-corrected chi connectivity index (χ3v) is 2.63. The Balaban J connectivity index is 1.71. The molecule has 0 unspecified atom stereocenters. The van der Waals surface area contributed by atoms with Crippen LogP contribution in [0.3, 0.4) is 0 Å². The molecule has 88 valence electrons. The van der Waals surface area contributed by atoms with Crippen molar-refractivity contribution in [3.63, 3.8) is 0 Å². The van der Waals surface area contributed by atoms with Gasteiger partial charge in [0.05, 0.1) is 0 Å². The van der Waals surface area contributed by atoms with E-state index in [1.165, 1.54) is 12.8 Å². The molecule has 7 nitrogen and oxygen atoms in total. The number of anilines is 1. The molecule has 0 aromatic carbocycles. The number of hydrogen-bond acceptors (Lipinski definition) is 5. The van der Waals surface area contributed by atoms with Crippen LogP contribution in [0.25, 0.3) is 0 Å². The van der Waals surface area contributed by atoms with E-state index in [1.807, 2.05) is 0 Å². The van der Waals surface area contributed by atoms with Crippen LogP contribution in [0.5, 0.6) is 0 Å². The van der Waals surface area contributed by atoms with Crippen molar-refractivity contribution < 1.29 is 4.79 Å². The number of nitrogen functional groups attached to an aromatic ring is 1. The zero-order chi connectivity index (χ0) is 11.4. The minimum atomic E-state index is -0.261. The minimum absolute atomic E-state index is 0.0877. The summed E-state index contributed by atoms with van der Waals surface area (Å²) in [6.07, 6.45) is 2.51. The first kappa shape index (κ1) is 10.9. The van der Waals surface area contributed by atoms with Crippen LogP contribution in [0.15, 0.2) is 0 Å². The fourth-order valence-electron chi connectivity index (χ4n) is 1.79. The monoisotopic (exact) mass is 224 g/mol. The number of nitrogens with zero attached hydrogens (tertiary/aromatic N) is 3. The average molecular weight is 224 g/mol. The number of aromatic nitrogens is 3. The van der Waals surface area contributed by atoms with Crippen molar-refractivity contribution in [2.75, 3.05) is 31.9 Å². The van der Waals surface area contributed by atoms with Crippen molar-refractivity contribution in [2.45, 2.75) is 12.8 Å². The summed E-state index contributed by atoms with van der Waals surface area (Å²) in [4.78, 5) is 17.6. The van der Waals surface area contributed by atoms with Crippen molar-refractivity contribution >= 4 is 11.9 Å². The molecular weight excluding hydrogens is 208 g/mol. The van der Waals surface area contributed by atoms with Crippen LogP contribution in [0, 0.1) is 0 Å². The Kier molecular flexibility index (Phi) is 3.35. The smallest absolute Gasteiger partial charge is 0.288 e. The average Bonchev–Trinajstić information content (AvgIpc) is 2.89. The molecule has 1 aliphatic rings. The quantitative estimate of drug-likeness (QED) is 0.622. The molecule has 2 heterocycles. The van der Waals surface area contributed by atoms with E-state index in [0.29, 0.717) is 6.54 Å². The molecule has 1 amide bonds. The molecule has 1 aromatic heterocycles. The lowest BCUT2D eigenvalue weighted by Crippen LogP contribution is -2.33. The maximum Gasteiger partial charge on any atom is 0.288 e. The molecule has 7 heteroatoms. The highest BCUT2D eigenvalue weighted by atomic mass is 16.2. The second-order valence-electron chi connectivity index (χ2n) is 3.85. The van der Waals surface area contributed by atoms with Crippen LogP contribution in [-0.2, 0) is 0 Å². The van der Waals surface area contributed by atoms with Crippen molar-refractivity contribution in [2.24, 2.45) is 0 Å². The molecule has 1 saturated heterocycles. The number of carbonyl (C=O) groups is 1. The van der Waals surface area contributed by atoms with Crippen molar-refractivity contribution in [3.05, 3.63) is 5.82 Å². The molecule has 0 radical (unpaired) electrons. The minimum Gasteiger partial charge on any atom is -0.366 e. The van der Waals surface area contributed by atoms with Gasteiger partial charge in [-0.2, -0.15) is 4.98 Å². The summed E-state index contributed by atoms with van der Waals surface area (Å²) >= 11 is 0. The van der Waals surface area contributed by atoms with Gasteiger partial charge in [-0.3, -0.25) is 9.89 Å². The molecule has 1 fully saturated rings. The lowest BCUT2D eigenvalue weighted by Gasteiger charge is -2.13. The lowest BCUT2D eigenvalue weighted by molar-refractivity contribution is 0.0940. The van der Waals surface area contributed by atoms with Crippen LogP contribution >= 0.6 is 0 Å². The first-order valence-electron chi connectivity index (χ1n) is 5.44. The second kappa shape index (κ2) is 4.93. The largest absolute Gasteiger partial charge is 0.366 e. The van der Waals surface area contributed by atoms with E-state index in [-0.39, 0.29) is 17.7 Å². The Morgan fingerprint density at radius 3 is 2.88 bits per heavy atom. The molecule has 2 rings (SSSR count). The number of amides is 1. The van der Waals surface area contributed by atoms with Crippen LogP contribution in [0.4, 0.5) is 5.95 Å². The molecule has 4 N–H and O–H groups in total. The number of likely N-dealkylation sites (tertiary alicyclic amines) is 1. The molecule has 0 atom stereocenters. The number of nitrogens with one attached hydrogen (secondary N) is 2. The van der Waals surface area contributed by atoms with Gasteiger partial charge in [0.1, 0.15) is 0 Å². The third-order valence-electron chi connectivity index (χ3n) is 2.63. The van der Waals surface area contributed by atoms with Crippen molar-refractivity contribution in [1.82, 2.24) is 25.4 Å². The van der Waals surface area contributed by atoms with Gasteiger partial charge in [0.2, 0.25) is 11.8 Å². The third kappa shape index (κ3) is 2.69. The van der Waals surface area contributed by atoms with Gasteiger partial charge in [-0.1, -0.05) is 0 Å². The topological polar surface area (TPSA) is 99.9 Å². The van der Waals surface area contributed by atoms with E-state index in [9.17, 15) is 4.79 Å². The highest BCUT2D eigenvalue weighted by molar-refractivity contribution is 5.90. The summed E-state index contributed by atoms with van der Waals surface area (Å²) in [5.74, 6) is -0.00740. The molecule has 0 saturated carbocycles. The summed E-state index contributed by atoms with van der Waals surface area (Å²) < 4.78 is 0. The molecule has 16 heavy (non-hydrogen) atoms. The Labute approximate surface area is 93.4 Å². The van der Waals surface area contributed by atoms with E-state index in [1.54, 1.807) is 0 Å². The van der Waals surface area contributed by atoms with Gasteiger partial charge < -0.3 is 16.0 Å². The van der Waals surface area contributed by atoms with Crippen LogP contribution in [-0.4, -0.2) is 52.2 Å². The first-order valence-corrected chi connectivity index (χ1v) is 5.44. The number of nitrogens with two attached hydrogens (primary N) is 1. The zero-order valence-electron chi connectivity index (χ0n) is 9.07. The molecule has 0 bridgehead atoms. The predicted molar refractivity (Wildman–Crippen MR) is 58.8 cm³/mol. The number of carbonyl (C=O) groups excluding carboxylic acids is 1. The summed E-state index contributed by atoms with van der Waals surface area (Å²) in [5.41, 5.74) is 5.30. The molecule has 0 spiro atoms. The number of rotatable bonds is 4. The summed E-state index contributed by atoms with van der Waals surface area (Å²) in [6, 6.07) is 0. The molecule has 0 aliphatic carbocycles. The normalized spacial score (nSPS) is 16.5. The molecular formula is C9H16N6O. The second-order valence-corrected chi connectivity index (χ2v) is 3.85. The van der Waals surface area contributed by atoms with Gasteiger partial charge in [-0.15, -0.1) is 5.10 Å². The Bertz CT molecular complexity index is 357. The van der Waals surface area contributed by atoms with E-state index < -0.39 is 0 Å². The Morgan fingerprint density at radius 2 is 2.25 bits per heavy atom. The first-order chi connectivity index (χ1) is 7.75. The molecule has 1 aromatic rings. The molecule has 1 aliphatic heterocycles. The maximum absolute atomic E-state index is 11.5. The number of aromatic amines is 1. The van der Waals surface area contributed by atoms with E-state index in [4.69, 9.17) is 5.73 Å². The Morgan fingerprint density at radius 1 is 1.50 bits per heavy atom. The summed E-state index contributed by atoms with van der Waals surface area (Å²) in [5, 5.41) is 8.83. The predicted octanol–water partition coefficient (Wildman–Crippen LogP) is -0.788. The van der Waals surface area contributed by atoms with Crippen LogP contribution in [0.1, 0.15) is 23.5 Å². The van der Waals surface area contributed by atoms with Gasteiger partial charge in [0, 0.05) is 13.1 Å². The van der Waals surface area contributed by atoms with Crippen LogP contribution < -0.4 is 11.1 Å². The van der Waals surface area contributed by atoms with E-state index in [2.05, 4.69) is 25.4 Å². The number of hydrogen-bond donors (Lipinski definition) is 3. The fraction of sp³-hybridized carbons (Fsp3) is 0.667. The van der Waals surface area contributed by atoms with Gasteiger partial charge in [-0.05, 0) is 25.9 Å². The summed E-state index contributed by atoms with van der Waals surface area (Å²) in [7, 11) is 0. The van der Waals surface area contributed by atoms with E-state index >= 15 is 0 Å². The van der Waals surface area contributed by atoms with Crippen LogP contribution in [0.2, 0.25) is 0 Å². The van der Waals surface area contributed by atoms with Crippen molar-refractivity contribution in [3.8, 4) is 0 Å². The summed E-state index contributed by atoms with van der Waals surface area (Å²) in [6.45, 7) is 3.77. The van der Waals surface area contributed by atoms with Gasteiger partial charge >= 0.3 is 0 Å². The van der Waals surface area contributed by atoms with Gasteiger partial charge in [-0.25, -0.2) is 0 Å². The lowest BCUT2D eigenvalue weighted by atomic mass is 10.4. The highest BCUT2D eigenvalue weighted by Crippen LogP contribution is 2.05. The van der Waals surface area contributed by atoms with Crippen molar-refractivity contribution in [1.29, 1.82) is 0 Å². The Hall–Kier alpha value is -1.63. The van der Waals surface area contributed by atoms with Gasteiger partial charge in [0.15, 0.2) is 0 Å². The highest BCUT2D eigenvalue weighted by Gasteiger charge is 2.13. The van der Waals surface area contributed by atoms with E-state index in [0.717, 1.165) is 19.6 Å². The fourth-order valence-corrected chi connectivity index (χ4v) is 1.79. The SMILES string of the molecule is Nc1n[nH]c(C(=O)NCCN2CCCC2)n1. The standard InChI is InChI=1S/C9H16N6O/c10-9-12-7(13-14-9)8(16)11-3-6-15-4-1-2-5-15/h1-6H2,(H,11,16)(H3,10,12,13,14). The number of H-pyrrole nitrogens is 1.